The third-order valence-electron chi connectivity index (χ3n) is 3.40. The van der Waals surface area contributed by atoms with E-state index in [1.54, 1.807) is 20.8 Å². The van der Waals surface area contributed by atoms with Crippen LogP contribution in [-0.4, -0.2) is 41.8 Å². The highest BCUT2D eigenvalue weighted by atomic mass is 32.2. The summed E-state index contributed by atoms with van der Waals surface area (Å²) in [6.45, 7) is 9.73. The molecule has 4 nitrogen and oxygen atoms in total. The fourth-order valence-corrected chi connectivity index (χ4v) is 3.16. The number of hydrogen-bond acceptors (Lipinski definition) is 3. The number of hydrogen-bond donors (Lipinski definition) is 1. The maximum atomic E-state index is 12.2. The molecule has 16 heavy (non-hydrogen) atoms. The Morgan fingerprint density at radius 2 is 1.81 bits per heavy atom. The Kier molecular flexibility index (Phi) is 3.45. The highest BCUT2D eigenvalue weighted by Crippen LogP contribution is 2.33. The van der Waals surface area contributed by atoms with Gasteiger partial charge in [-0.05, 0) is 32.6 Å². The van der Waals surface area contributed by atoms with Crippen LogP contribution in [0.3, 0.4) is 0 Å². The molecule has 0 radical (unpaired) electrons. The second kappa shape index (κ2) is 3.96. The van der Waals surface area contributed by atoms with Gasteiger partial charge in [-0.3, -0.25) is 0 Å². The van der Waals surface area contributed by atoms with Gasteiger partial charge in [-0.25, -0.2) is 8.42 Å². The van der Waals surface area contributed by atoms with E-state index in [2.05, 4.69) is 0 Å². The van der Waals surface area contributed by atoms with Gasteiger partial charge in [0.25, 0.3) is 0 Å². The molecule has 96 valence electrons. The number of piperidine rings is 1. The summed E-state index contributed by atoms with van der Waals surface area (Å²) in [4.78, 5) is 0. The SMILES string of the molecule is CC1(C)CCN(S(=O)(=O)C(C)(C)C)CC1O. The van der Waals surface area contributed by atoms with Crippen LogP contribution < -0.4 is 0 Å². The largest absolute Gasteiger partial charge is 0.391 e. The Balaban J connectivity index is 2.88. The van der Waals surface area contributed by atoms with E-state index in [1.165, 1.54) is 4.31 Å². The average Bonchev–Trinajstić information content (AvgIpc) is 2.07. The summed E-state index contributed by atoms with van der Waals surface area (Å²) in [5, 5.41) is 9.93. The van der Waals surface area contributed by atoms with Crippen molar-refractivity contribution in [3.8, 4) is 0 Å². The van der Waals surface area contributed by atoms with Gasteiger partial charge in [0.15, 0.2) is 0 Å². The van der Waals surface area contributed by atoms with Crippen LogP contribution in [0.5, 0.6) is 0 Å². The van der Waals surface area contributed by atoms with Crippen molar-refractivity contribution in [1.29, 1.82) is 0 Å². The molecular formula is C11H23NO3S. The minimum atomic E-state index is -3.31. The lowest BCUT2D eigenvalue weighted by molar-refractivity contribution is -0.00119. The smallest absolute Gasteiger partial charge is 0.219 e. The number of rotatable bonds is 1. The molecule has 1 aliphatic rings. The Labute approximate surface area is 98.7 Å². The molecule has 1 saturated heterocycles. The lowest BCUT2D eigenvalue weighted by atomic mass is 9.81. The van der Waals surface area contributed by atoms with E-state index < -0.39 is 20.9 Å². The van der Waals surface area contributed by atoms with E-state index in [1.807, 2.05) is 13.8 Å². The van der Waals surface area contributed by atoms with Gasteiger partial charge in [0, 0.05) is 13.1 Å². The van der Waals surface area contributed by atoms with Gasteiger partial charge >= 0.3 is 0 Å². The zero-order chi connectivity index (χ0) is 12.8. The van der Waals surface area contributed by atoms with Crippen LogP contribution in [0.15, 0.2) is 0 Å². The maximum absolute atomic E-state index is 12.2. The number of aliphatic hydroxyl groups excluding tert-OH is 1. The van der Waals surface area contributed by atoms with E-state index in [0.29, 0.717) is 13.0 Å². The van der Waals surface area contributed by atoms with Crippen molar-refractivity contribution in [2.24, 2.45) is 5.41 Å². The quantitative estimate of drug-likeness (QED) is 0.760. The molecule has 0 spiro atoms. The van der Waals surface area contributed by atoms with Gasteiger partial charge in [-0.2, -0.15) is 4.31 Å². The summed E-state index contributed by atoms with van der Waals surface area (Å²) in [6, 6.07) is 0. The summed E-state index contributed by atoms with van der Waals surface area (Å²) < 4.78 is 25.0. The first-order chi connectivity index (χ1) is 6.98. The monoisotopic (exact) mass is 249 g/mol. The van der Waals surface area contributed by atoms with Gasteiger partial charge in [-0.1, -0.05) is 13.8 Å². The van der Waals surface area contributed by atoms with Crippen molar-refractivity contribution in [3.05, 3.63) is 0 Å². The van der Waals surface area contributed by atoms with Crippen molar-refractivity contribution >= 4 is 10.0 Å². The molecule has 0 bridgehead atoms. The zero-order valence-corrected chi connectivity index (χ0v) is 11.6. The number of nitrogens with zero attached hydrogens (tertiary/aromatic N) is 1. The fraction of sp³-hybridized carbons (Fsp3) is 1.00. The fourth-order valence-electron chi connectivity index (χ4n) is 1.72. The molecule has 1 unspecified atom stereocenters. The van der Waals surface area contributed by atoms with E-state index in [4.69, 9.17) is 0 Å². The molecule has 0 saturated carbocycles. The van der Waals surface area contributed by atoms with Crippen LogP contribution in [0, 0.1) is 5.41 Å². The maximum Gasteiger partial charge on any atom is 0.219 e. The van der Waals surface area contributed by atoms with Gasteiger partial charge in [-0.15, -0.1) is 0 Å². The molecule has 1 N–H and O–H groups in total. The standard InChI is InChI=1S/C11H23NO3S/c1-10(2,3)16(14,15)12-7-6-11(4,5)9(13)8-12/h9,13H,6-8H2,1-5H3. The van der Waals surface area contributed by atoms with Gasteiger partial charge < -0.3 is 5.11 Å². The zero-order valence-electron chi connectivity index (χ0n) is 10.8. The third kappa shape index (κ3) is 2.41. The summed E-state index contributed by atoms with van der Waals surface area (Å²) >= 11 is 0. The predicted molar refractivity (Wildman–Crippen MR) is 64.7 cm³/mol. The first-order valence-corrected chi connectivity index (χ1v) is 7.10. The van der Waals surface area contributed by atoms with Crippen molar-refractivity contribution in [2.45, 2.75) is 51.9 Å². The minimum absolute atomic E-state index is 0.191. The summed E-state index contributed by atoms with van der Waals surface area (Å²) in [5.74, 6) is 0. The van der Waals surface area contributed by atoms with Crippen LogP contribution in [-0.2, 0) is 10.0 Å². The Hall–Kier alpha value is -0.130. The molecule has 1 aliphatic heterocycles. The van der Waals surface area contributed by atoms with Crippen molar-refractivity contribution in [1.82, 2.24) is 4.31 Å². The van der Waals surface area contributed by atoms with Crippen LogP contribution in [0.1, 0.15) is 41.0 Å². The van der Waals surface area contributed by atoms with Gasteiger partial charge in [0.1, 0.15) is 0 Å². The molecule has 1 heterocycles. The Morgan fingerprint density at radius 3 is 2.19 bits per heavy atom. The van der Waals surface area contributed by atoms with Crippen LogP contribution in [0.4, 0.5) is 0 Å². The number of sulfonamides is 1. The molecule has 0 aromatic heterocycles. The summed E-state index contributed by atoms with van der Waals surface area (Å²) in [7, 11) is -3.31. The molecule has 1 rings (SSSR count). The van der Waals surface area contributed by atoms with Crippen molar-refractivity contribution < 1.29 is 13.5 Å². The normalized spacial score (nSPS) is 28.0. The second-order valence-electron chi connectivity index (χ2n) is 6.23. The van der Waals surface area contributed by atoms with Crippen LogP contribution >= 0.6 is 0 Å². The van der Waals surface area contributed by atoms with E-state index in [9.17, 15) is 13.5 Å². The second-order valence-corrected chi connectivity index (χ2v) is 8.92. The first kappa shape index (κ1) is 13.9. The van der Waals surface area contributed by atoms with Crippen molar-refractivity contribution in [3.63, 3.8) is 0 Å². The molecule has 0 aromatic carbocycles. The molecule has 1 fully saturated rings. The van der Waals surface area contributed by atoms with Crippen LogP contribution in [0.25, 0.3) is 0 Å². The molecule has 1 atom stereocenters. The summed E-state index contributed by atoms with van der Waals surface area (Å²) in [6.07, 6.45) is 0.113. The highest BCUT2D eigenvalue weighted by molar-refractivity contribution is 7.90. The van der Waals surface area contributed by atoms with Crippen LogP contribution in [0.2, 0.25) is 0 Å². The summed E-state index contributed by atoms with van der Waals surface area (Å²) in [5.41, 5.74) is -0.191. The molecule has 0 aromatic rings. The number of aliphatic hydroxyl groups is 1. The van der Waals surface area contributed by atoms with E-state index in [0.717, 1.165) is 0 Å². The predicted octanol–water partition coefficient (Wildman–Crippen LogP) is 1.21. The highest BCUT2D eigenvalue weighted by Gasteiger charge is 2.42. The van der Waals surface area contributed by atoms with Gasteiger partial charge in [0.2, 0.25) is 10.0 Å². The average molecular weight is 249 g/mol. The molecule has 0 aliphatic carbocycles. The molecular weight excluding hydrogens is 226 g/mol. The molecule has 0 amide bonds. The third-order valence-corrected chi connectivity index (χ3v) is 5.96. The number of β-amino-alcohol motifs (C(OH)–C–C–N with tert-alkyl or cyclic N) is 1. The topological polar surface area (TPSA) is 57.6 Å². The lowest BCUT2D eigenvalue weighted by Gasteiger charge is -2.42. The Morgan fingerprint density at radius 1 is 1.31 bits per heavy atom. The molecule has 5 heteroatoms. The first-order valence-electron chi connectivity index (χ1n) is 5.66. The Bertz CT molecular complexity index is 354. The lowest BCUT2D eigenvalue weighted by Crippen LogP contribution is -2.53. The minimum Gasteiger partial charge on any atom is -0.391 e. The van der Waals surface area contributed by atoms with Gasteiger partial charge in [0.05, 0.1) is 10.9 Å². The van der Waals surface area contributed by atoms with Crippen molar-refractivity contribution in [2.75, 3.05) is 13.1 Å². The van der Waals surface area contributed by atoms with E-state index >= 15 is 0 Å². The van der Waals surface area contributed by atoms with E-state index in [-0.39, 0.29) is 12.0 Å².